The number of amides is 2. The Labute approximate surface area is 202 Å². The first-order chi connectivity index (χ1) is 17.0. The number of aliphatic carboxylic acids is 1. The van der Waals surface area contributed by atoms with Crippen LogP contribution in [0.5, 0.6) is 0 Å². The second-order valence-electron chi connectivity index (χ2n) is 8.26. The van der Waals surface area contributed by atoms with Crippen molar-refractivity contribution < 1.29 is 29.3 Å². The van der Waals surface area contributed by atoms with Crippen molar-refractivity contribution in [2.45, 2.75) is 12.3 Å². The second kappa shape index (κ2) is 10.8. The van der Waals surface area contributed by atoms with Crippen LogP contribution in [0.1, 0.15) is 22.6 Å². The molecule has 1 aliphatic rings. The topological polar surface area (TPSA) is 116 Å². The van der Waals surface area contributed by atoms with E-state index in [0.717, 1.165) is 27.2 Å². The van der Waals surface area contributed by atoms with Gasteiger partial charge in [0, 0.05) is 18.2 Å². The Hall–Kier alpha value is -4.17. The van der Waals surface area contributed by atoms with Crippen molar-refractivity contribution in [2.24, 2.45) is 0 Å². The van der Waals surface area contributed by atoms with Crippen LogP contribution in [0.15, 0.2) is 72.8 Å². The molecule has 1 aliphatic carbocycles. The summed E-state index contributed by atoms with van der Waals surface area (Å²) in [7, 11) is 0. The average molecular weight is 475 g/mol. The highest BCUT2D eigenvalue weighted by Crippen LogP contribution is 2.44. The number of carbonyl (C=O) groups is 3. The molecule has 3 aromatic carbocycles. The highest BCUT2D eigenvalue weighted by atomic mass is 16.5. The molecule has 0 bridgehead atoms. The van der Waals surface area contributed by atoms with E-state index < -0.39 is 24.5 Å². The first-order valence-corrected chi connectivity index (χ1v) is 11.3. The molecule has 0 heterocycles. The fraction of sp³-hybridized carbons (Fsp3) is 0.222. The van der Waals surface area contributed by atoms with Crippen molar-refractivity contribution in [3.63, 3.8) is 0 Å². The summed E-state index contributed by atoms with van der Waals surface area (Å²) >= 11 is 0. The van der Waals surface area contributed by atoms with Gasteiger partial charge in [0.15, 0.2) is 0 Å². The van der Waals surface area contributed by atoms with Crippen molar-refractivity contribution in [3.05, 3.63) is 89.5 Å². The molecule has 8 nitrogen and oxygen atoms in total. The fourth-order valence-electron chi connectivity index (χ4n) is 4.37. The Kier molecular flexibility index (Phi) is 7.42. The minimum Gasteiger partial charge on any atom is -0.480 e. The zero-order chi connectivity index (χ0) is 24.8. The van der Waals surface area contributed by atoms with Crippen LogP contribution in [0.2, 0.25) is 0 Å². The Morgan fingerprint density at radius 2 is 1.57 bits per heavy atom. The van der Waals surface area contributed by atoms with Crippen LogP contribution in [-0.2, 0) is 20.7 Å². The monoisotopic (exact) mass is 474 g/mol. The largest absolute Gasteiger partial charge is 0.480 e. The molecule has 0 saturated heterocycles. The van der Waals surface area contributed by atoms with Gasteiger partial charge >= 0.3 is 12.1 Å². The fourth-order valence-corrected chi connectivity index (χ4v) is 4.37. The van der Waals surface area contributed by atoms with Crippen LogP contribution < -0.4 is 5.32 Å². The number of carboxylic acids is 1. The van der Waals surface area contributed by atoms with E-state index in [-0.39, 0.29) is 32.1 Å². The normalized spacial score (nSPS) is 11.9. The molecule has 0 aliphatic heterocycles. The van der Waals surface area contributed by atoms with E-state index in [1.807, 2.05) is 36.4 Å². The van der Waals surface area contributed by atoms with E-state index in [9.17, 15) is 14.4 Å². The lowest BCUT2D eigenvalue weighted by Crippen LogP contribution is -2.38. The summed E-state index contributed by atoms with van der Waals surface area (Å²) in [6.45, 7) is -0.703. The van der Waals surface area contributed by atoms with Crippen LogP contribution in [0, 0.1) is 0 Å². The second-order valence-corrected chi connectivity index (χ2v) is 8.26. The van der Waals surface area contributed by atoms with Gasteiger partial charge in [0.05, 0.1) is 13.0 Å². The van der Waals surface area contributed by atoms with E-state index in [1.165, 1.54) is 0 Å². The van der Waals surface area contributed by atoms with E-state index in [0.29, 0.717) is 11.3 Å². The number of fused-ring (bicyclic) bond motifs is 3. The van der Waals surface area contributed by atoms with Crippen molar-refractivity contribution >= 4 is 23.7 Å². The molecule has 0 atom stereocenters. The molecule has 35 heavy (non-hydrogen) atoms. The molecule has 3 aromatic rings. The molecule has 3 N–H and O–H groups in total. The third-order valence-corrected chi connectivity index (χ3v) is 5.92. The van der Waals surface area contributed by atoms with Crippen molar-refractivity contribution in [1.29, 1.82) is 0 Å². The van der Waals surface area contributed by atoms with Gasteiger partial charge in [0.25, 0.3) is 0 Å². The van der Waals surface area contributed by atoms with Gasteiger partial charge < -0.3 is 19.8 Å². The molecule has 0 fully saturated rings. The highest BCUT2D eigenvalue weighted by molar-refractivity contribution is 5.86. The Morgan fingerprint density at radius 1 is 0.914 bits per heavy atom. The Balaban J connectivity index is 1.38. The van der Waals surface area contributed by atoms with Gasteiger partial charge in [-0.2, -0.15) is 0 Å². The van der Waals surface area contributed by atoms with Crippen molar-refractivity contribution in [3.8, 4) is 11.1 Å². The number of carbonyl (C=O) groups excluding carboxylic acids is 2. The molecule has 0 aromatic heterocycles. The number of nitrogens with one attached hydrogen (secondary N) is 1. The zero-order valence-corrected chi connectivity index (χ0v) is 19.0. The minimum atomic E-state index is -1.16. The number of aliphatic hydroxyl groups excluding tert-OH is 1. The van der Waals surface area contributed by atoms with Gasteiger partial charge in [-0.3, -0.25) is 14.9 Å². The molecule has 0 spiro atoms. The quantitative estimate of drug-likeness (QED) is 0.437. The van der Waals surface area contributed by atoms with Crippen LogP contribution in [-0.4, -0.2) is 59.4 Å². The molecule has 0 unspecified atom stereocenters. The molecular weight excluding hydrogens is 448 g/mol. The maximum atomic E-state index is 12.5. The maximum absolute atomic E-state index is 12.5. The van der Waals surface area contributed by atoms with Gasteiger partial charge in [-0.25, -0.2) is 4.79 Å². The van der Waals surface area contributed by atoms with Crippen LogP contribution in [0.3, 0.4) is 0 Å². The average Bonchev–Trinajstić information content (AvgIpc) is 3.16. The number of hydrogen-bond acceptors (Lipinski definition) is 5. The predicted molar refractivity (Wildman–Crippen MR) is 130 cm³/mol. The third kappa shape index (κ3) is 5.67. The standard InChI is InChI=1S/C27H26N2O6/c30-13-12-29(16-26(32)33)25(31)15-18-6-5-7-19(14-18)28-27(34)35-17-24-22-10-3-1-8-20(22)21-9-2-4-11-23(21)24/h1-11,14,24,30H,12-13,15-17H2,(H,28,34)(H,32,33). The first kappa shape index (κ1) is 24.0. The number of benzene rings is 3. The SMILES string of the molecule is O=C(O)CN(CCO)C(=O)Cc1cccc(NC(=O)OCC2c3ccccc3-c3ccccc32)c1. The molecule has 4 rings (SSSR count). The number of rotatable bonds is 9. The summed E-state index contributed by atoms with van der Waals surface area (Å²) in [6.07, 6.45) is -0.670. The van der Waals surface area contributed by atoms with E-state index in [1.54, 1.807) is 24.3 Å². The summed E-state index contributed by atoms with van der Waals surface area (Å²) in [5.74, 6) is -1.64. The summed E-state index contributed by atoms with van der Waals surface area (Å²) in [5.41, 5.74) is 5.59. The maximum Gasteiger partial charge on any atom is 0.411 e. The summed E-state index contributed by atoms with van der Waals surface area (Å²) in [5, 5.41) is 20.8. The number of aliphatic hydroxyl groups is 1. The number of ether oxygens (including phenoxy) is 1. The smallest absolute Gasteiger partial charge is 0.411 e. The summed E-state index contributed by atoms with van der Waals surface area (Å²) in [4.78, 5) is 37.1. The van der Waals surface area contributed by atoms with Crippen molar-refractivity contribution in [2.75, 3.05) is 31.6 Å². The summed E-state index contributed by atoms with van der Waals surface area (Å²) in [6, 6.07) is 22.9. The third-order valence-electron chi connectivity index (χ3n) is 5.92. The lowest BCUT2D eigenvalue weighted by atomic mass is 9.98. The van der Waals surface area contributed by atoms with Crippen LogP contribution in [0.25, 0.3) is 11.1 Å². The molecule has 8 heteroatoms. The highest BCUT2D eigenvalue weighted by Gasteiger charge is 2.29. The zero-order valence-electron chi connectivity index (χ0n) is 19.0. The molecule has 180 valence electrons. The molecule has 0 saturated carbocycles. The lowest BCUT2D eigenvalue weighted by molar-refractivity contribution is -0.144. The van der Waals surface area contributed by atoms with Crippen LogP contribution >= 0.6 is 0 Å². The minimum absolute atomic E-state index is 0.0520. The van der Waals surface area contributed by atoms with Crippen molar-refractivity contribution in [1.82, 2.24) is 4.90 Å². The van der Waals surface area contributed by atoms with Gasteiger partial charge in [-0.1, -0.05) is 60.7 Å². The Bertz CT molecular complexity index is 1200. The first-order valence-electron chi connectivity index (χ1n) is 11.3. The number of anilines is 1. The molecule has 0 radical (unpaired) electrons. The number of nitrogens with zero attached hydrogens (tertiary/aromatic N) is 1. The van der Waals surface area contributed by atoms with Gasteiger partial charge in [-0.05, 0) is 39.9 Å². The van der Waals surface area contributed by atoms with Gasteiger partial charge in [0.1, 0.15) is 13.2 Å². The molecular formula is C27H26N2O6. The van der Waals surface area contributed by atoms with Gasteiger partial charge in [0.2, 0.25) is 5.91 Å². The van der Waals surface area contributed by atoms with Gasteiger partial charge in [-0.15, -0.1) is 0 Å². The van der Waals surface area contributed by atoms with E-state index in [4.69, 9.17) is 14.9 Å². The predicted octanol–water partition coefficient (Wildman–Crippen LogP) is 3.50. The number of hydrogen-bond donors (Lipinski definition) is 3. The lowest BCUT2D eigenvalue weighted by Gasteiger charge is -2.19. The number of carboxylic acid groups (broad SMARTS) is 1. The Morgan fingerprint density at radius 3 is 2.20 bits per heavy atom. The summed E-state index contributed by atoms with van der Waals surface area (Å²) < 4.78 is 5.56. The molecule has 2 amide bonds. The van der Waals surface area contributed by atoms with E-state index in [2.05, 4.69) is 17.4 Å². The van der Waals surface area contributed by atoms with Crippen LogP contribution in [0.4, 0.5) is 10.5 Å². The van der Waals surface area contributed by atoms with E-state index >= 15 is 0 Å².